The lowest BCUT2D eigenvalue weighted by Gasteiger charge is -2.27. The summed E-state index contributed by atoms with van der Waals surface area (Å²) in [6.07, 6.45) is 6.60. The molecule has 0 radical (unpaired) electrons. The number of hydrogen-bond acceptors (Lipinski definition) is 3. The monoisotopic (exact) mass is 267 g/mol. The van der Waals surface area contributed by atoms with Crippen molar-refractivity contribution in [2.24, 2.45) is 9.98 Å². The summed E-state index contributed by atoms with van der Waals surface area (Å²) in [5.74, 6) is 0. The van der Waals surface area contributed by atoms with Gasteiger partial charge in [0, 0.05) is 24.2 Å². The molecule has 1 aromatic rings. The standard InChI is InChI=1S/C17H21N3/c1-5-15-12-13(2)6-7-16(15)17-14(3)19-9-11-20(17)10-8-18-4/h6-10,12H,4-5,11H2,1-3H3/b10-8-. The summed E-state index contributed by atoms with van der Waals surface area (Å²) in [4.78, 5) is 10.4. The molecule has 0 saturated heterocycles. The van der Waals surface area contributed by atoms with E-state index in [2.05, 4.69) is 53.6 Å². The number of rotatable bonds is 4. The average Bonchev–Trinajstić information content (AvgIpc) is 2.45. The van der Waals surface area contributed by atoms with Gasteiger partial charge in [-0.3, -0.25) is 9.98 Å². The molecule has 0 N–H and O–H groups in total. The topological polar surface area (TPSA) is 28.0 Å². The van der Waals surface area contributed by atoms with Crippen LogP contribution in [0, 0.1) is 6.92 Å². The molecule has 0 amide bonds. The molecule has 0 atom stereocenters. The number of aliphatic imine (C=N–C) groups is 2. The third-order valence-corrected chi connectivity index (χ3v) is 3.44. The fraction of sp³-hybridized carbons (Fsp3) is 0.294. The Morgan fingerprint density at radius 2 is 2.20 bits per heavy atom. The highest BCUT2D eigenvalue weighted by molar-refractivity contribution is 5.78. The lowest BCUT2D eigenvalue weighted by molar-refractivity contribution is 0.599. The third kappa shape index (κ3) is 2.87. The minimum Gasteiger partial charge on any atom is -0.339 e. The molecule has 0 bridgehead atoms. The predicted molar refractivity (Wildman–Crippen MR) is 87.0 cm³/mol. The van der Waals surface area contributed by atoms with Gasteiger partial charge >= 0.3 is 0 Å². The van der Waals surface area contributed by atoms with Crippen LogP contribution in [0.1, 0.15) is 30.5 Å². The second-order valence-electron chi connectivity index (χ2n) is 4.89. The van der Waals surface area contributed by atoms with Crippen molar-refractivity contribution in [3.63, 3.8) is 0 Å². The Kier molecular flexibility index (Phi) is 4.51. The molecular weight excluding hydrogens is 246 g/mol. The second-order valence-corrected chi connectivity index (χ2v) is 4.89. The van der Waals surface area contributed by atoms with E-state index in [1.54, 1.807) is 6.20 Å². The van der Waals surface area contributed by atoms with E-state index < -0.39 is 0 Å². The SMILES string of the molecule is C=N/C=C\N1CC=NC(C)=C1c1ccc(C)cc1CC. The van der Waals surface area contributed by atoms with E-state index in [9.17, 15) is 0 Å². The molecule has 20 heavy (non-hydrogen) atoms. The van der Waals surface area contributed by atoms with Gasteiger partial charge in [-0.15, -0.1) is 0 Å². The highest BCUT2D eigenvalue weighted by Gasteiger charge is 2.17. The van der Waals surface area contributed by atoms with Crippen LogP contribution in [0.2, 0.25) is 0 Å². The van der Waals surface area contributed by atoms with Crippen LogP contribution in [-0.4, -0.2) is 24.4 Å². The Labute approximate surface area is 121 Å². The quantitative estimate of drug-likeness (QED) is 0.762. The Bertz CT molecular complexity index is 594. The van der Waals surface area contributed by atoms with E-state index in [0.29, 0.717) is 0 Å². The Morgan fingerprint density at radius 1 is 1.40 bits per heavy atom. The molecule has 0 aromatic heterocycles. The highest BCUT2D eigenvalue weighted by atomic mass is 15.2. The molecule has 1 aliphatic heterocycles. The Morgan fingerprint density at radius 3 is 2.90 bits per heavy atom. The summed E-state index contributed by atoms with van der Waals surface area (Å²) in [7, 11) is 0. The largest absolute Gasteiger partial charge is 0.339 e. The van der Waals surface area contributed by atoms with E-state index >= 15 is 0 Å². The zero-order valence-electron chi connectivity index (χ0n) is 12.4. The lowest BCUT2D eigenvalue weighted by Crippen LogP contribution is -2.23. The Hall–Kier alpha value is -2.16. The van der Waals surface area contributed by atoms with E-state index in [1.807, 2.05) is 19.3 Å². The van der Waals surface area contributed by atoms with Gasteiger partial charge in [0.25, 0.3) is 0 Å². The van der Waals surface area contributed by atoms with Crippen LogP contribution >= 0.6 is 0 Å². The van der Waals surface area contributed by atoms with E-state index in [1.165, 1.54) is 16.7 Å². The molecule has 1 aliphatic rings. The van der Waals surface area contributed by atoms with Gasteiger partial charge in [0.1, 0.15) is 0 Å². The maximum atomic E-state index is 4.48. The number of allylic oxidation sites excluding steroid dienone is 1. The Balaban J connectivity index is 2.53. The maximum absolute atomic E-state index is 4.48. The summed E-state index contributed by atoms with van der Waals surface area (Å²) in [6, 6.07) is 6.60. The van der Waals surface area contributed by atoms with Gasteiger partial charge in [0.05, 0.1) is 17.9 Å². The van der Waals surface area contributed by atoms with Crippen LogP contribution in [-0.2, 0) is 6.42 Å². The molecule has 2 rings (SSSR count). The molecule has 0 fully saturated rings. The van der Waals surface area contributed by atoms with Gasteiger partial charge in [-0.25, -0.2) is 0 Å². The van der Waals surface area contributed by atoms with Crippen LogP contribution < -0.4 is 0 Å². The summed E-state index contributed by atoms with van der Waals surface area (Å²) < 4.78 is 0. The zero-order valence-corrected chi connectivity index (χ0v) is 12.4. The first-order chi connectivity index (χ1) is 9.67. The van der Waals surface area contributed by atoms with E-state index in [-0.39, 0.29) is 0 Å². The first kappa shape index (κ1) is 14.3. The van der Waals surface area contributed by atoms with Crippen molar-refractivity contribution in [1.82, 2.24) is 4.90 Å². The molecule has 0 unspecified atom stereocenters. The fourth-order valence-corrected chi connectivity index (χ4v) is 2.48. The molecular formula is C17H21N3. The molecule has 0 spiro atoms. The van der Waals surface area contributed by atoms with Gasteiger partial charge in [-0.1, -0.05) is 30.7 Å². The highest BCUT2D eigenvalue weighted by Crippen LogP contribution is 2.29. The van der Waals surface area contributed by atoms with E-state index in [0.717, 1.165) is 24.4 Å². The van der Waals surface area contributed by atoms with Gasteiger partial charge in [0.15, 0.2) is 0 Å². The summed E-state index contributed by atoms with van der Waals surface area (Å²) in [6.45, 7) is 10.6. The molecule has 3 nitrogen and oxygen atoms in total. The smallest absolute Gasteiger partial charge is 0.0702 e. The van der Waals surface area contributed by atoms with Gasteiger partial charge < -0.3 is 4.90 Å². The van der Waals surface area contributed by atoms with E-state index in [4.69, 9.17) is 0 Å². The number of hydrogen-bond donors (Lipinski definition) is 0. The normalized spacial score (nSPS) is 15.2. The van der Waals surface area contributed by atoms with Crippen LogP contribution in [0.3, 0.4) is 0 Å². The van der Waals surface area contributed by atoms with Crippen molar-refractivity contribution in [3.8, 4) is 0 Å². The van der Waals surface area contributed by atoms with Gasteiger partial charge in [0.2, 0.25) is 0 Å². The minimum absolute atomic E-state index is 0.760. The van der Waals surface area contributed by atoms with Crippen molar-refractivity contribution in [3.05, 3.63) is 53.0 Å². The van der Waals surface area contributed by atoms with Crippen LogP contribution in [0.4, 0.5) is 0 Å². The predicted octanol–water partition coefficient (Wildman–Crippen LogP) is 3.80. The fourth-order valence-electron chi connectivity index (χ4n) is 2.48. The molecule has 1 aromatic carbocycles. The third-order valence-electron chi connectivity index (χ3n) is 3.44. The molecule has 3 heteroatoms. The molecule has 0 aliphatic carbocycles. The van der Waals surface area contributed by atoms with Crippen molar-refractivity contribution in [2.75, 3.05) is 6.54 Å². The van der Waals surface area contributed by atoms with Crippen molar-refractivity contribution in [2.45, 2.75) is 27.2 Å². The maximum Gasteiger partial charge on any atom is 0.0702 e. The minimum atomic E-state index is 0.760. The first-order valence-corrected chi connectivity index (χ1v) is 6.89. The number of benzene rings is 1. The first-order valence-electron chi connectivity index (χ1n) is 6.89. The zero-order chi connectivity index (χ0) is 14.5. The van der Waals surface area contributed by atoms with Gasteiger partial charge in [-0.05, 0) is 32.5 Å². The second kappa shape index (κ2) is 6.33. The van der Waals surface area contributed by atoms with Crippen molar-refractivity contribution < 1.29 is 0 Å². The lowest BCUT2D eigenvalue weighted by atomic mass is 9.98. The summed E-state index contributed by atoms with van der Waals surface area (Å²) >= 11 is 0. The summed E-state index contributed by atoms with van der Waals surface area (Å²) in [5, 5.41) is 0. The molecule has 104 valence electrons. The van der Waals surface area contributed by atoms with Crippen LogP contribution in [0.15, 0.2) is 46.3 Å². The number of nitrogens with zero attached hydrogens (tertiary/aromatic N) is 3. The molecule has 1 heterocycles. The van der Waals surface area contributed by atoms with Crippen LogP contribution in [0.25, 0.3) is 5.70 Å². The summed E-state index contributed by atoms with van der Waals surface area (Å²) in [5.41, 5.74) is 6.08. The van der Waals surface area contributed by atoms with Gasteiger partial charge in [-0.2, -0.15) is 0 Å². The van der Waals surface area contributed by atoms with Crippen molar-refractivity contribution >= 4 is 18.6 Å². The number of aryl methyl sites for hydroxylation is 2. The molecule has 0 saturated carbocycles. The van der Waals surface area contributed by atoms with Crippen LogP contribution in [0.5, 0.6) is 0 Å². The average molecular weight is 267 g/mol. The van der Waals surface area contributed by atoms with Crippen molar-refractivity contribution in [1.29, 1.82) is 0 Å².